The minimum atomic E-state index is 0.0409. The van der Waals surface area contributed by atoms with E-state index in [2.05, 4.69) is 11.9 Å². The number of carbonyl (C=O) groups is 1. The van der Waals surface area contributed by atoms with Crippen LogP contribution in [0.5, 0.6) is 0 Å². The van der Waals surface area contributed by atoms with Gasteiger partial charge in [-0.2, -0.15) is 0 Å². The molecule has 2 heterocycles. The van der Waals surface area contributed by atoms with Crippen molar-refractivity contribution in [3.05, 3.63) is 23.8 Å². The number of fused-ring (bicyclic) bond motifs is 1. The average Bonchev–Trinajstić information content (AvgIpc) is 2.46. The Morgan fingerprint density at radius 1 is 1.24 bits per heavy atom. The van der Waals surface area contributed by atoms with Gasteiger partial charge >= 0.3 is 0 Å². The molecule has 1 aromatic carbocycles. The zero-order valence-corrected chi connectivity index (χ0v) is 12.6. The van der Waals surface area contributed by atoms with Crippen LogP contribution in [0, 0.1) is 5.92 Å². The number of likely N-dealkylation sites (tertiary alicyclic amines) is 2. The average molecular weight is 288 g/mol. The summed E-state index contributed by atoms with van der Waals surface area (Å²) in [5, 5.41) is 0. The van der Waals surface area contributed by atoms with E-state index in [1.807, 2.05) is 4.90 Å². The highest BCUT2D eigenvalue weighted by atomic mass is 16.2. The molecule has 114 valence electrons. The molecule has 5 nitrogen and oxygen atoms in total. The first-order valence-electron chi connectivity index (χ1n) is 7.71. The second kappa shape index (κ2) is 5.56. The van der Waals surface area contributed by atoms with E-state index in [0.717, 1.165) is 19.5 Å². The molecule has 0 radical (unpaired) electrons. The SMILES string of the molecule is CN1CCCC2CN(C(=O)c3ccc(N)cc3N)CCC21. The van der Waals surface area contributed by atoms with Crippen LogP contribution in [0.4, 0.5) is 11.4 Å². The van der Waals surface area contributed by atoms with Crippen molar-refractivity contribution in [2.45, 2.75) is 25.3 Å². The molecule has 2 aliphatic heterocycles. The summed E-state index contributed by atoms with van der Waals surface area (Å²) in [6, 6.07) is 5.78. The van der Waals surface area contributed by atoms with Crippen LogP contribution in [0.25, 0.3) is 0 Å². The zero-order chi connectivity index (χ0) is 15.0. The molecule has 0 bridgehead atoms. The van der Waals surface area contributed by atoms with E-state index in [9.17, 15) is 4.79 Å². The summed E-state index contributed by atoms with van der Waals surface area (Å²) < 4.78 is 0. The van der Waals surface area contributed by atoms with E-state index < -0.39 is 0 Å². The van der Waals surface area contributed by atoms with E-state index in [1.54, 1.807) is 18.2 Å². The van der Waals surface area contributed by atoms with E-state index in [-0.39, 0.29) is 5.91 Å². The summed E-state index contributed by atoms with van der Waals surface area (Å²) in [5.74, 6) is 0.635. The normalized spacial score (nSPS) is 26.4. The van der Waals surface area contributed by atoms with E-state index >= 15 is 0 Å². The second-order valence-corrected chi connectivity index (χ2v) is 6.34. The number of nitrogens with zero attached hydrogens (tertiary/aromatic N) is 2. The van der Waals surface area contributed by atoms with Gasteiger partial charge in [-0.05, 0) is 57.0 Å². The molecule has 0 saturated carbocycles. The van der Waals surface area contributed by atoms with Crippen LogP contribution in [-0.4, -0.2) is 48.4 Å². The molecule has 0 aromatic heterocycles. The van der Waals surface area contributed by atoms with Crippen molar-refractivity contribution in [3.63, 3.8) is 0 Å². The number of anilines is 2. The number of carbonyl (C=O) groups excluding carboxylic acids is 1. The minimum absolute atomic E-state index is 0.0409. The number of rotatable bonds is 1. The van der Waals surface area contributed by atoms with Crippen molar-refractivity contribution in [1.82, 2.24) is 9.80 Å². The maximum atomic E-state index is 12.7. The van der Waals surface area contributed by atoms with Crippen molar-refractivity contribution >= 4 is 17.3 Å². The van der Waals surface area contributed by atoms with Crippen LogP contribution in [0.15, 0.2) is 18.2 Å². The largest absolute Gasteiger partial charge is 0.399 e. The Kier molecular flexibility index (Phi) is 3.76. The lowest BCUT2D eigenvalue weighted by Gasteiger charge is -2.46. The Labute approximate surface area is 125 Å². The molecule has 2 unspecified atom stereocenters. The summed E-state index contributed by atoms with van der Waals surface area (Å²) in [7, 11) is 2.20. The highest BCUT2D eigenvalue weighted by Gasteiger charge is 2.36. The van der Waals surface area contributed by atoms with Gasteiger partial charge in [0.2, 0.25) is 0 Å². The third kappa shape index (κ3) is 2.70. The van der Waals surface area contributed by atoms with Crippen LogP contribution in [0.3, 0.4) is 0 Å². The van der Waals surface area contributed by atoms with E-state index in [4.69, 9.17) is 11.5 Å². The van der Waals surface area contributed by atoms with Gasteiger partial charge in [-0.1, -0.05) is 0 Å². The molecule has 5 heteroatoms. The molecule has 4 N–H and O–H groups in total. The summed E-state index contributed by atoms with van der Waals surface area (Å²) in [4.78, 5) is 17.1. The Balaban J connectivity index is 1.74. The molecule has 2 atom stereocenters. The number of benzene rings is 1. The number of hydrogen-bond acceptors (Lipinski definition) is 4. The van der Waals surface area contributed by atoms with Crippen molar-refractivity contribution in [3.8, 4) is 0 Å². The van der Waals surface area contributed by atoms with Crippen molar-refractivity contribution in [1.29, 1.82) is 0 Å². The van der Waals surface area contributed by atoms with Crippen LogP contribution < -0.4 is 11.5 Å². The number of nitrogens with two attached hydrogens (primary N) is 2. The maximum absolute atomic E-state index is 12.7. The van der Waals surface area contributed by atoms with E-state index in [0.29, 0.717) is 28.9 Å². The highest BCUT2D eigenvalue weighted by Crippen LogP contribution is 2.30. The van der Waals surface area contributed by atoms with Gasteiger partial charge < -0.3 is 21.3 Å². The Morgan fingerprint density at radius 2 is 2.05 bits per heavy atom. The summed E-state index contributed by atoms with van der Waals surface area (Å²) >= 11 is 0. The lowest BCUT2D eigenvalue weighted by molar-refractivity contribution is 0.0317. The Hall–Kier alpha value is -1.75. The van der Waals surface area contributed by atoms with E-state index in [1.165, 1.54) is 19.4 Å². The van der Waals surface area contributed by atoms with Crippen LogP contribution in [0.1, 0.15) is 29.6 Å². The topological polar surface area (TPSA) is 75.6 Å². The van der Waals surface area contributed by atoms with Crippen LogP contribution in [-0.2, 0) is 0 Å². The monoisotopic (exact) mass is 288 g/mol. The third-order valence-electron chi connectivity index (χ3n) is 4.94. The molecular formula is C16H24N4O. The first-order chi connectivity index (χ1) is 10.1. The second-order valence-electron chi connectivity index (χ2n) is 6.34. The predicted octanol–water partition coefficient (Wildman–Crippen LogP) is 1.41. The number of hydrogen-bond donors (Lipinski definition) is 2. The molecule has 0 aliphatic carbocycles. The predicted molar refractivity (Wildman–Crippen MR) is 84.9 cm³/mol. The summed E-state index contributed by atoms with van der Waals surface area (Å²) in [5.41, 5.74) is 13.3. The minimum Gasteiger partial charge on any atom is -0.399 e. The van der Waals surface area contributed by atoms with Crippen molar-refractivity contribution < 1.29 is 4.79 Å². The fourth-order valence-corrected chi connectivity index (χ4v) is 3.78. The Morgan fingerprint density at radius 3 is 2.81 bits per heavy atom. The van der Waals surface area contributed by atoms with Crippen LogP contribution in [0.2, 0.25) is 0 Å². The number of amides is 1. The first kappa shape index (κ1) is 14.2. The molecule has 2 saturated heterocycles. The fraction of sp³-hybridized carbons (Fsp3) is 0.562. The van der Waals surface area contributed by atoms with Crippen molar-refractivity contribution in [2.24, 2.45) is 5.92 Å². The van der Waals surface area contributed by atoms with Gasteiger partial charge in [-0.3, -0.25) is 4.79 Å². The molecule has 1 aromatic rings. The highest BCUT2D eigenvalue weighted by molar-refractivity contribution is 5.99. The van der Waals surface area contributed by atoms with Gasteiger partial charge in [0.15, 0.2) is 0 Å². The smallest absolute Gasteiger partial charge is 0.255 e. The number of nitrogen functional groups attached to an aromatic ring is 2. The fourth-order valence-electron chi connectivity index (χ4n) is 3.78. The van der Waals surface area contributed by atoms with Gasteiger partial charge in [0.1, 0.15) is 0 Å². The van der Waals surface area contributed by atoms with Gasteiger partial charge in [0.25, 0.3) is 5.91 Å². The van der Waals surface area contributed by atoms with Gasteiger partial charge in [-0.15, -0.1) is 0 Å². The molecule has 0 spiro atoms. The molecule has 3 rings (SSSR count). The summed E-state index contributed by atoms with van der Waals surface area (Å²) in [6.45, 7) is 2.84. The molecular weight excluding hydrogens is 264 g/mol. The first-order valence-corrected chi connectivity index (χ1v) is 7.71. The summed E-state index contributed by atoms with van der Waals surface area (Å²) in [6.07, 6.45) is 3.50. The van der Waals surface area contributed by atoms with Gasteiger partial charge in [-0.25, -0.2) is 0 Å². The number of piperidine rings is 2. The quantitative estimate of drug-likeness (QED) is 0.766. The lowest BCUT2D eigenvalue weighted by atomic mass is 9.84. The van der Waals surface area contributed by atoms with Gasteiger partial charge in [0, 0.05) is 30.5 Å². The maximum Gasteiger partial charge on any atom is 0.255 e. The molecule has 21 heavy (non-hydrogen) atoms. The molecule has 2 fully saturated rings. The Bertz CT molecular complexity index is 545. The van der Waals surface area contributed by atoms with Crippen molar-refractivity contribution in [2.75, 3.05) is 38.1 Å². The van der Waals surface area contributed by atoms with Crippen LogP contribution >= 0.6 is 0 Å². The molecule has 2 aliphatic rings. The zero-order valence-electron chi connectivity index (χ0n) is 12.6. The third-order valence-corrected chi connectivity index (χ3v) is 4.94. The standard InChI is InChI=1S/C16H24N4O/c1-19-7-2-3-11-10-20(8-6-15(11)19)16(21)13-5-4-12(17)9-14(13)18/h4-5,9,11,15H,2-3,6-8,10,17-18H2,1H3. The van der Waals surface area contributed by atoms with Gasteiger partial charge in [0.05, 0.1) is 5.56 Å². The lowest BCUT2D eigenvalue weighted by Crippen LogP contribution is -2.53. The molecule has 1 amide bonds.